The fraction of sp³-hybridized carbons (Fsp3) is 0.167. The van der Waals surface area contributed by atoms with Gasteiger partial charge in [-0.3, -0.25) is 4.79 Å². The van der Waals surface area contributed by atoms with Crippen LogP contribution in [0.5, 0.6) is 17.2 Å². The predicted molar refractivity (Wildman–Crippen MR) is 145 cm³/mol. The topological polar surface area (TPSA) is 110 Å². The zero-order valence-corrected chi connectivity index (χ0v) is 20.3. The molecule has 5 aromatic rings. The summed E-state index contributed by atoms with van der Waals surface area (Å²) >= 11 is 0. The third-order valence-electron chi connectivity index (χ3n) is 6.19. The van der Waals surface area contributed by atoms with Gasteiger partial charge in [0, 0.05) is 28.4 Å². The molecule has 1 atom stereocenters. The summed E-state index contributed by atoms with van der Waals surface area (Å²) in [6.07, 6.45) is 0.188. The summed E-state index contributed by atoms with van der Waals surface area (Å²) in [5, 5.41) is 15.9. The van der Waals surface area contributed by atoms with Crippen molar-refractivity contribution < 1.29 is 19.4 Å². The molecule has 1 aromatic heterocycles. The summed E-state index contributed by atoms with van der Waals surface area (Å²) < 4.78 is 11.8. The smallest absolute Gasteiger partial charge is 0.248 e. The van der Waals surface area contributed by atoms with Crippen LogP contribution in [0.3, 0.4) is 0 Å². The number of amides is 1. The summed E-state index contributed by atoms with van der Waals surface area (Å²) in [6, 6.07) is 28.6. The molecule has 188 valence electrons. The highest BCUT2D eigenvalue weighted by Crippen LogP contribution is 2.33. The minimum absolute atomic E-state index is 0.206. The molecule has 37 heavy (non-hydrogen) atoms. The number of primary amides is 1. The average Bonchev–Trinajstić information content (AvgIpc) is 3.30. The van der Waals surface area contributed by atoms with E-state index in [1.165, 1.54) is 0 Å². The van der Waals surface area contributed by atoms with E-state index in [0.29, 0.717) is 23.6 Å². The summed E-state index contributed by atoms with van der Waals surface area (Å²) in [7, 11) is 0. The molecular formula is C30H29N3O4. The Balaban J connectivity index is 1.06. The second-order valence-corrected chi connectivity index (χ2v) is 8.90. The fourth-order valence-corrected chi connectivity index (χ4v) is 4.28. The Kier molecular flexibility index (Phi) is 7.35. The van der Waals surface area contributed by atoms with Gasteiger partial charge in [0.1, 0.15) is 30.0 Å². The molecule has 0 unspecified atom stereocenters. The first kappa shape index (κ1) is 24.4. The first-order valence-electron chi connectivity index (χ1n) is 12.2. The largest absolute Gasteiger partial charge is 0.490 e. The van der Waals surface area contributed by atoms with Gasteiger partial charge >= 0.3 is 0 Å². The lowest BCUT2D eigenvalue weighted by Crippen LogP contribution is -2.32. The number of aromatic amines is 1. The molecule has 0 saturated heterocycles. The molecule has 0 aliphatic heterocycles. The van der Waals surface area contributed by atoms with E-state index in [2.05, 4.69) is 16.4 Å². The lowest BCUT2D eigenvalue weighted by atomic mass is 10.1. The van der Waals surface area contributed by atoms with Crippen LogP contribution in [0.1, 0.15) is 15.9 Å². The summed E-state index contributed by atoms with van der Waals surface area (Å²) in [5.41, 5.74) is 8.94. The van der Waals surface area contributed by atoms with Crippen molar-refractivity contribution in [1.82, 2.24) is 10.3 Å². The summed E-state index contributed by atoms with van der Waals surface area (Å²) in [5.74, 6) is 1.64. The molecule has 5 N–H and O–H groups in total. The molecule has 0 aliphatic carbocycles. The number of fused-ring (bicyclic) bond motifs is 3. The van der Waals surface area contributed by atoms with E-state index in [1.54, 1.807) is 24.3 Å². The molecule has 4 aromatic carbocycles. The monoisotopic (exact) mass is 495 g/mol. The standard InChI is InChI=1S/C30H29N3O4/c31-30(35)21-10-14-24(15-11-21)37-23-12-8-20(9-13-23)16-17-32-18-22(34)19-36-28-7-3-6-27-29(28)25-4-1-2-5-26(25)33-27/h1-15,22,32-34H,16-19H2,(H2,31,35)/t22-/m0/s1. The summed E-state index contributed by atoms with van der Waals surface area (Å²) in [6.45, 7) is 1.37. The van der Waals surface area contributed by atoms with Gasteiger partial charge < -0.3 is 30.6 Å². The molecule has 0 bridgehead atoms. The number of hydrogen-bond donors (Lipinski definition) is 4. The Morgan fingerprint density at radius 2 is 1.59 bits per heavy atom. The number of benzene rings is 4. The normalized spacial score (nSPS) is 12.0. The molecule has 0 saturated carbocycles. The first-order valence-corrected chi connectivity index (χ1v) is 12.2. The van der Waals surface area contributed by atoms with Gasteiger partial charge in [0.2, 0.25) is 5.91 Å². The third-order valence-corrected chi connectivity index (χ3v) is 6.19. The van der Waals surface area contributed by atoms with E-state index in [9.17, 15) is 9.90 Å². The van der Waals surface area contributed by atoms with Crippen molar-refractivity contribution in [2.24, 2.45) is 5.73 Å². The second-order valence-electron chi connectivity index (χ2n) is 8.90. The number of ether oxygens (including phenoxy) is 2. The second kappa shape index (κ2) is 11.2. The predicted octanol–water partition coefficient (Wildman–Crippen LogP) is 4.78. The number of aliphatic hydroxyl groups excluding tert-OH is 1. The maximum atomic E-state index is 11.2. The third kappa shape index (κ3) is 5.91. The van der Waals surface area contributed by atoms with Crippen molar-refractivity contribution in [1.29, 1.82) is 0 Å². The Morgan fingerprint density at radius 3 is 2.35 bits per heavy atom. The zero-order valence-electron chi connectivity index (χ0n) is 20.3. The molecule has 0 spiro atoms. The molecule has 5 rings (SSSR count). The molecule has 7 nitrogen and oxygen atoms in total. The highest BCUT2D eigenvalue weighted by atomic mass is 16.5. The molecular weight excluding hydrogens is 466 g/mol. The van der Waals surface area contributed by atoms with Crippen LogP contribution in [0.25, 0.3) is 21.8 Å². The Bertz CT molecular complexity index is 1490. The number of carbonyl (C=O) groups excluding carboxylic acids is 1. The van der Waals surface area contributed by atoms with Gasteiger partial charge in [-0.25, -0.2) is 0 Å². The van der Waals surface area contributed by atoms with Gasteiger partial charge in [0.25, 0.3) is 0 Å². The van der Waals surface area contributed by atoms with Crippen molar-refractivity contribution in [2.75, 3.05) is 19.7 Å². The van der Waals surface area contributed by atoms with Crippen molar-refractivity contribution in [3.05, 3.63) is 102 Å². The van der Waals surface area contributed by atoms with Crippen molar-refractivity contribution in [2.45, 2.75) is 12.5 Å². The Morgan fingerprint density at radius 1 is 0.892 bits per heavy atom. The maximum Gasteiger partial charge on any atom is 0.248 e. The van der Waals surface area contributed by atoms with Crippen molar-refractivity contribution in [3.8, 4) is 17.2 Å². The van der Waals surface area contributed by atoms with Crippen LogP contribution in [0.2, 0.25) is 0 Å². The molecule has 1 amide bonds. The number of hydrogen-bond acceptors (Lipinski definition) is 5. The van der Waals surface area contributed by atoms with Gasteiger partial charge in [-0.2, -0.15) is 0 Å². The van der Waals surface area contributed by atoms with E-state index in [4.69, 9.17) is 15.2 Å². The van der Waals surface area contributed by atoms with E-state index < -0.39 is 12.0 Å². The van der Waals surface area contributed by atoms with Crippen LogP contribution in [-0.4, -0.2) is 41.8 Å². The Labute approximate surface area is 214 Å². The van der Waals surface area contributed by atoms with E-state index in [0.717, 1.165) is 46.1 Å². The quantitative estimate of drug-likeness (QED) is 0.197. The lowest BCUT2D eigenvalue weighted by molar-refractivity contribution is 0.1000. The number of nitrogens with one attached hydrogen (secondary N) is 2. The van der Waals surface area contributed by atoms with Crippen LogP contribution < -0.4 is 20.5 Å². The number of aromatic nitrogens is 1. The van der Waals surface area contributed by atoms with Crippen LogP contribution in [-0.2, 0) is 6.42 Å². The fourth-order valence-electron chi connectivity index (χ4n) is 4.28. The number of nitrogens with two attached hydrogens (primary N) is 1. The minimum atomic E-state index is -0.628. The molecule has 1 heterocycles. The van der Waals surface area contributed by atoms with Gasteiger partial charge in [-0.1, -0.05) is 36.4 Å². The van der Waals surface area contributed by atoms with E-state index in [-0.39, 0.29) is 6.61 Å². The van der Waals surface area contributed by atoms with Gasteiger partial charge in [-0.05, 0) is 73.1 Å². The highest BCUT2D eigenvalue weighted by molar-refractivity contribution is 6.10. The number of rotatable bonds is 11. The SMILES string of the molecule is NC(=O)c1ccc(Oc2ccc(CCNC[C@H](O)COc3cccc4[nH]c5ccccc5c34)cc2)cc1. The van der Waals surface area contributed by atoms with Crippen LogP contribution >= 0.6 is 0 Å². The van der Waals surface area contributed by atoms with Crippen LogP contribution in [0.15, 0.2) is 91.0 Å². The Hall–Kier alpha value is -4.33. The molecule has 0 radical (unpaired) electrons. The van der Waals surface area contributed by atoms with Crippen molar-refractivity contribution >= 4 is 27.7 Å². The minimum Gasteiger partial charge on any atom is -0.490 e. The van der Waals surface area contributed by atoms with Gasteiger partial charge in [-0.15, -0.1) is 0 Å². The number of H-pyrrole nitrogens is 1. The number of aliphatic hydroxyl groups is 1. The zero-order chi connectivity index (χ0) is 25.6. The first-order chi connectivity index (χ1) is 18.1. The number of carbonyl (C=O) groups is 1. The molecule has 0 fully saturated rings. The van der Waals surface area contributed by atoms with Crippen molar-refractivity contribution in [3.63, 3.8) is 0 Å². The van der Waals surface area contributed by atoms with Crippen LogP contribution in [0, 0.1) is 0 Å². The average molecular weight is 496 g/mol. The van der Waals surface area contributed by atoms with Gasteiger partial charge in [0.15, 0.2) is 0 Å². The maximum absolute atomic E-state index is 11.2. The van der Waals surface area contributed by atoms with E-state index in [1.807, 2.05) is 60.7 Å². The van der Waals surface area contributed by atoms with Gasteiger partial charge in [0.05, 0.1) is 5.52 Å². The summed E-state index contributed by atoms with van der Waals surface area (Å²) in [4.78, 5) is 14.6. The molecule has 0 aliphatic rings. The van der Waals surface area contributed by atoms with E-state index >= 15 is 0 Å². The van der Waals surface area contributed by atoms with Crippen LogP contribution in [0.4, 0.5) is 0 Å². The molecule has 7 heteroatoms. The highest BCUT2D eigenvalue weighted by Gasteiger charge is 2.11. The lowest BCUT2D eigenvalue weighted by Gasteiger charge is -2.14. The number of para-hydroxylation sites is 1.